The molecule has 0 spiro atoms. The second-order valence-electron chi connectivity index (χ2n) is 5.96. The van der Waals surface area contributed by atoms with Crippen LogP contribution < -0.4 is 5.73 Å². The maximum Gasteiger partial charge on any atom is 0.254 e. The van der Waals surface area contributed by atoms with Gasteiger partial charge in [-0.15, -0.1) is 0 Å². The van der Waals surface area contributed by atoms with Crippen molar-refractivity contribution in [2.24, 2.45) is 11.7 Å². The maximum atomic E-state index is 14.0. The molecule has 0 aliphatic heterocycles. The molecule has 3 N–H and O–H groups in total. The summed E-state index contributed by atoms with van der Waals surface area (Å²) in [5.74, 6) is -0.663. The van der Waals surface area contributed by atoms with Crippen molar-refractivity contribution in [1.82, 2.24) is 9.88 Å². The van der Waals surface area contributed by atoms with E-state index in [1.807, 2.05) is 0 Å². The highest BCUT2D eigenvalue weighted by Crippen LogP contribution is 2.24. The van der Waals surface area contributed by atoms with Gasteiger partial charge < -0.3 is 15.7 Å². The molecule has 0 saturated heterocycles. The molecule has 6 heteroatoms. The van der Waals surface area contributed by atoms with Gasteiger partial charge in [-0.05, 0) is 48.2 Å². The first-order valence-electron chi connectivity index (χ1n) is 7.72. The Bertz CT molecular complexity index is 715. The summed E-state index contributed by atoms with van der Waals surface area (Å²) in [6.45, 7) is 0.198. The van der Waals surface area contributed by atoms with Gasteiger partial charge in [0, 0.05) is 38.7 Å². The topological polar surface area (TPSA) is 79.5 Å². The molecule has 0 aliphatic rings. The lowest BCUT2D eigenvalue weighted by Gasteiger charge is -2.14. The van der Waals surface area contributed by atoms with Crippen LogP contribution in [0.4, 0.5) is 4.39 Å². The molecular formula is C18H22FN3O2. The second kappa shape index (κ2) is 7.99. The summed E-state index contributed by atoms with van der Waals surface area (Å²) in [5, 5.41) is 9.26. The Hall–Kier alpha value is -2.31. The molecule has 1 heterocycles. The van der Waals surface area contributed by atoms with Gasteiger partial charge in [-0.3, -0.25) is 9.78 Å². The molecule has 1 amide bonds. The van der Waals surface area contributed by atoms with E-state index in [-0.39, 0.29) is 30.8 Å². The summed E-state index contributed by atoms with van der Waals surface area (Å²) in [4.78, 5) is 17.6. The van der Waals surface area contributed by atoms with Gasteiger partial charge in [0.1, 0.15) is 5.82 Å². The number of benzene rings is 1. The van der Waals surface area contributed by atoms with Crippen LogP contribution >= 0.6 is 0 Å². The van der Waals surface area contributed by atoms with Gasteiger partial charge in [0.25, 0.3) is 5.91 Å². The normalized spacial score (nSPS) is 12.0. The lowest BCUT2D eigenvalue weighted by atomic mass is 9.96. The predicted octanol–water partition coefficient (Wildman–Crippen LogP) is 1.70. The van der Waals surface area contributed by atoms with Gasteiger partial charge in [-0.2, -0.15) is 0 Å². The largest absolute Gasteiger partial charge is 0.396 e. The van der Waals surface area contributed by atoms with E-state index in [9.17, 15) is 14.3 Å². The first-order valence-corrected chi connectivity index (χ1v) is 7.72. The zero-order chi connectivity index (χ0) is 17.7. The van der Waals surface area contributed by atoms with Crippen LogP contribution in [0.1, 0.15) is 15.9 Å². The molecule has 0 fully saturated rings. The molecule has 1 unspecified atom stereocenters. The van der Waals surface area contributed by atoms with Crippen molar-refractivity contribution < 1.29 is 14.3 Å². The van der Waals surface area contributed by atoms with Crippen molar-refractivity contribution in [3.05, 3.63) is 53.6 Å². The summed E-state index contributed by atoms with van der Waals surface area (Å²) in [7, 11) is 3.35. The number of carbonyl (C=O) groups excluding carboxylic acids is 1. The van der Waals surface area contributed by atoms with Crippen molar-refractivity contribution in [3.8, 4) is 11.1 Å². The third-order valence-electron chi connectivity index (χ3n) is 3.87. The van der Waals surface area contributed by atoms with Crippen molar-refractivity contribution in [3.63, 3.8) is 0 Å². The van der Waals surface area contributed by atoms with Gasteiger partial charge in [0.05, 0.1) is 5.56 Å². The number of nitrogens with two attached hydrogens (primary N) is 1. The Balaban J connectivity index is 2.36. The molecular weight excluding hydrogens is 309 g/mol. The summed E-state index contributed by atoms with van der Waals surface area (Å²) in [6.07, 6.45) is 3.50. The second-order valence-corrected chi connectivity index (χ2v) is 5.96. The third kappa shape index (κ3) is 4.15. The van der Waals surface area contributed by atoms with Gasteiger partial charge in [-0.25, -0.2) is 4.39 Å². The highest BCUT2D eigenvalue weighted by molar-refractivity contribution is 5.94. The molecule has 2 aromatic rings. The lowest BCUT2D eigenvalue weighted by molar-refractivity contribution is 0.0827. The first kappa shape index (κ1) is 18.0. The van der Waals surface area contributed by atoms with Crippen LogP contribution in [0.2, 0.25) is 0 Å². The van der Waals surface area contributed by atoms with Crippen molar-refractivity contribution in [2.75, 3.05) is 27.2 Å². The van der Waals surface area contributed by atoms with E-state index in [0.717, 1.165) is 11.1 Å². The monoisotopic (exact) mass is 331 g/mol. The maximum absolute atomic E-state index is 14.0. The number of hydrogen-bond donors (Lipinski definition) is 2. The fourth-order valence-electron chi connectivity index (χ4n) is 2.42. The molecule has 1 aromatic heterocycles. The lowest BCUT2D eigenvalue weighted by Crippen LogP contribution is -2.21. The Morgan fingerprint density at radius 2 is 2.04 bits per heavy atom. The SMILES string of the molecule is CN(C)C(=O)c1cncc(-c2ccc(F)c(CC(CN)CO)c2)c1. The quantitative estimate of drug-likeness (QED) is 0.844. The first-order chi connectivity index (χ1) is 11.5. The zero-order valence-electron chi connectivity index (χ0n) is 13.9. The van der Waals surface area contributed by atoms with Crippen LogP contribution in [0.5, 0.6) is 0 Å². The Morgan fingerprint density at radius 1 is 1.29 bits per heavy atom. The number of amides is 1. The third-order valence-corrected chi connectivity index (χ3v) is 3.87. The van der Waals surface area contributed by atoms with E-state index in [1.54, 1.807) is 38.5 Å². The van der Waals surface area contributed by atoms with E-state index >= 15 is 0 Å². The Kier molecular flexibility index (Phi) is 6.00. The Labute approximate surface area is 140 Å². The highest BCUT2D eigenvalue weighted by atomic mass is 19.1. The van der Waals surface area contributed by atoms with Crippen LogP contribution in [0.25, 0.3) is 11.1 Å². The number of nitrogens with zero attached hydrogens (tertiary/aromatic N) is 2. The number of aromatic nitrogens is 1. The van der Waals surface area contributed by atoms with Crippen molar-refractivity contribution in [2.45, 2.75) is 6.42 Å². The van der Waals surface area contributed by atoms with E-state index in [1.165, 1.54) is 17.2 Å². The van der Waals surface area contributed by atoms with E-state index in [0.29, 0.717) is 17.5 Å². The molecule has 1 atom stereocenters. The molecule has 1 aromatic carbocycles. The number of aliphatic hydroxyl groups excluding tert-OH is 1. The predicted molar refractivity (Wildman–Crippen MR) is 91.0 cm³/mol. The van der Waals surface area contributed by atoms with Crippen LogP contribution in [0.15, 0.2) is 36.7 Å². The average Bonchev–Trinajstić information content (AvgIpc) is 2.60. The number of pyridine rings is 1. The minimum atomic E-state index is -0.334. The molecule has 128 valence electrons. The summed E-state index contributed by atoms with van der Waals surface area (Å²) in [6, 6.07) is 6.49. The van der Waals surface area contributed by atoms with Gasteiger partial charge >= 0.3 is 0 Å². The van der Waals surface area contributed by atoms with Crippen LogP contribution in [-0.2, 0) is 6.42 Å². The smallest absolute Gasteiger partial charge is 0.254 e. The van der Waals surface area contributed by atoms with E-state index < -0.39 is 0 Å². The minimum Gasteiger partial charge on any atom is -0.396 e. The number of carbonyl (C=O) groups is 1. The zero-order valence-corrected chi connectivity index (χ0v) is 13.9. The van der Waals surface area contributed by atoms with E-state index in [4.69, 9.17) is 5.73 Å². The molecule has 0 aliphatic carbocycles. The molecule has 5 nitrogen and oxygen atoms in total. The Morgan fingerprint density at radius 3 is 2.67 bits per heavy atom. The van der Waals surface area contributed by atoms with Crippen LogP contribution in [0.3, 0.4) is 0 Å². The summed E-state index contributed by atoms with van der Waals surface area (Å²) < 4.78 is 14.0. The molecule has 0 radical (unpaired) electrons. The number of hydrogen-bond acceptors (Lipinski definition) is 4. The van der Waals surface area contributed by atoms with Crippen molar-refractivity contribution >= 4 is 5.91 Å². The average molecular weight is 331 g/mol. The summed E-state index contributed by atoms with van der Waals surface area (Å²) in [5.41, 5.74) is 8.03. The fraction of sp³-hybridized carbons (Fsp3) is 0.333. The molecule has 0 saturated carbocycles. The fourth-order valence-corrected chi connectivity index (χ4v) is 2.42. The summed E-state index contributed by atoms with van der Waals surface area (Å²) >= 11 is 0. The van der Waals surface area contributed by atoms with Crippen LogP contribution in [-0.4, -0.2) is 48.1 Å². The number of rotatable bonds is 6. The van der Waals surface area contributed by atoms with Gasteiger partial charge in [0.15, 0.2) is 0 Å². The molecule has 0 bridgehead atoms. The number of halogens is 1. The number of aliphatic hydroxyl groups is 1. The molecule has 2 rings (SSSR count). The van der Waals surface area contributed by atoms with Gasteiger partial charge in [0.2, 0.25) is 0 Å². The molecule has 24 heavy (non-hydrogen) atoms. The van der Waals surface area contributed by atoms with E-state index in [2.05, 4.69) is 4.98 Å². The minimum absolute atomic E-state index is 0.0887. The van der Waals surface area contributed by atoms with Crippen molar-refractivity contribution in [1.29, 1.82) is 0 Å². The van der Waals surface area contributed by atoms with Gasteiger partial charge in [-0.1, -0.05) is 6.07 Å². The standard InChI is InChI=1S/C18H22FN3O2/c1-22(2)18(24)16-7-15(9-21-10-16)13-3-4-17(19)14(6-13)5-12(8-20)11-23/h3-4,6-7,9-10,12,23H,5,8,11,20H2,1-2H3. The van der Waals surface area contributed by atoms with Crippen LogP contribution in [0, 0.1) is 11.7 Å². The highest BCUT2D eigenvalue weighted by Gasteiger charge is 2.13.